The molecule has 0 unspecified atom stereocenters. The van der Waals surface area contributed by atoms with Gasteiger partial charge in [0.15, 0.2) is 0 Å². The average Bonchev–Trinajstić information content (AvgIpc) is 2.61. The van der Waals surface area contributed by atoms with Gasteiger partial charge in [-0.05, 0) is 25.5 Å². The minimum Gasteiger partial charge on any atom is -0.468 e. The van der Waals surface area contributed by atoms with E-state index in [0.717, 1.165) is 11.3 Å². The minimum atomic E-state index is -0.654. The van der Waals surface area contributed by atoms with Crippen LogP contribution in [0.5, 0.6) is 0 Å². The molecule has 1 rings (SSSR count). The van der Waals surface area contributed by atoms with Crippen LogP contribution < -0.4 is 5.32 Å². The van der Waals surface area contributed by atoms with Gasteiger partial charge in [0.2, 0.25) is 0 Å². The Morgan fingerprint density at radius 2 is 2.07 bits per heavy atom. The summed E-state index contributed by atoms with van der Waals surface area (Å²) in [6.45, 7) is 4.00. The lowest BCUT2D eigenvalue weighted by atomic mass is 10.1. The molecule has 4 heteroatoms. The fourth-order valence-corrected chi connectivity index (χ4v) is 1.04. The van der Waals surface area contributed by atoms with Crippen LogP contribution in [0.4, 0.5) is 0 Å². The molecule has 0 aliphatic heterocycles. The maximum Gasteiger partial charge on any atom is 0.120 e. The van der Waals surface area contributed by atoms with Crippen LogP contribution in [-0.2, 0) is 6.54 Å². The number of rotatable bonds is 5. The maximum absolute atomic E-state index is 9.03. The normalized spacial score (nSPS) is 12.0. The molecule has 3 N–H and O–H groups in total. The number of hydrogen-bond donors (Lipinski definition) is 3. The lowest BCUT2D eigenvalue weighted by molar-refractivity contribution is 0.101. The first-order valence-corrected chi connectivity index (χ1v) is 4.61. The highest BCUT2D eigenvalue weighted by Gasteiger charge is 2.21. The monoisotopic (exact) mass is 199 g/mol. The van der Waals surface area contributed by atoms with E-state index in [-0.39, 0.29) is 13.2 Å². The summed E-state index contributed by atoms with van der Waals surface area (Å²) in [7, 11) is 0. The molecule has 0 saturated carbocycles. The SMILES string of the molecule is Cc1ccoc1CNC(C)(CO)CO. The molecule has 0 aliphatic carbocycles. The zero-order chi connectivity index (χ0) is 10.6. The van der Waals surface area contributed by atoms with Crippen molar-refractivity contribution in [2.75, 3.05) is 13.2 Å². The predicted molar refractivity (Wildman–Crippen MR) is 52.9 cm³/mol. The van der Waals surface area contributed by atoms with Crippen molar-refractivity contribution >= 4 is 0 Å². The molecule has 0 aromatic carbocycles. The van der Waals surface area contributed by atoms with Gasteiger partial charge in [0.25, 0.3) is 0 Å². The molecule has 0 atom stereocenters. The summed E-state index contributed by atoms with van der Waals surface area (Å²) in [5.41, 5.74) is 0.412. The fourth-order valence-electron chi connectivity index (χ4n) is 1.04. The van der Waals surface area contributed by atoms with Crippen molar-refractivity contribution in [3.8, 4) is 0 Å². The van der Waals surface area contributed by atoms with Crippen molar-refractivity contribution in [1.29, 1.82) is 0 Å². The summed E-state index contributed by atoms with van der Waals surface area (Å²) in [4.78, 5) is 0. The minimum absolute atomic E-state index is 0.108. The Morgan fingerprint density at radius 1 is 1.43 bits per heavy atom. The van der Waals surface area contributed by atoms with Crippen LogP contribution in [0.25, 0.3) is 0 Å². The second-order valence-electron chi connectivity index (χ2n) is 3.76. The number of aryl methyl sites for hydroxylation is 1. The molecule has 4 nitrogen and oxygen atoms in total. The van der Waals surface area contributed by atoms with Gasteiger partial charge in [0, 0.05) is 0 Å². The highest BCUT2D eigenvalue weighted by Crippen LogP contribution is 2.10. The zero-order valence-electron chi connectivity index (χ0n) is 8.58. The molecule has 0 radical (unpaired) electrons. The van der Waals surface area contributed by atoms with E-state index in [2.05, 4.69) is 5.32 Å². The van der Waals surface area contributed by atoms with Gasteiger partial charge >= 0.3 is 0 Å². The highest BCUT2D eigenvalue weighted by atomic mass is 16.3. The molecule has 0 bridgehead atoms. The first-order chi connectivity index (χ1) is 6.61. The third kappa shape index (κ3) is 2.57. The first kappa shape index (κ1) is 11.2. The molecule has 0 amide bonds. The average molecular weight is 199 g/mol. The van der Waals surface area contributed by atoms with E-state index < -0.39 is 5.54 Å². The third-order valence-electron chi connectivity index (χ3n) is 2.34. The van der Waals surface area contributed by atoms with Gasteiger partial charge in [-0.2, -0.15) is 0 Å². The molecular weight excluding hydrogens is 182 g/mol. The zero-order valence-corrected chi connectivity index (χ0v) is 8.58. The van der Waals surface area contributed by atoms with Gasteiger partial charge in [-0.15, -0.1) is 0 Å². The molecule has 0 fully saturated rings. The van der Waals surface area contributed by atoms with Gasteiger partial charge < -0.3 is 19.9 Å². The summed E-state index contributed by atoms with van der Waals surface area (Å²) in [5.74, 6) is 0.832. The maximum atomic E-state index is 9.03. The van der Waals surface area contributed by atoms with Crippen LogP contribution in [0.2, 0.25) is 0 Å². The van der Waals surface area contributed by atoms with Gasteiger partial charge in [0.1, 0.15) is 5.76 Å². The lowest BCUT2D eigenvalue weighted by Crippen LogP contribution is -2.48. The van der Waals surface area contributed by atoms with Crippen LogP contribution >= 0.6 is 0 Å². The number of nitrogens with one attached hydrogen (secondary N) is 1. The molecule has 0 aliphatic rings. The molecule has 1 aromatic rings. The van der Waals surface area contributed by atoms with Crippen molar-refractivity contribution in [2.24, 2.45) is 0 Å². The third-order valence-corrected chi connectivity index (χ3v) is 2.34. The van der Waals surface area contributed by atoms with E-state index in [4.69, 9.17) is 14.6 Å². The summed E-state index contributed by atoms with van der Waals surface area (Å²) in [6.07, 6.45) is 1.63. The van der Waals surface area contributed by atoms with E-state index in [1.54, 1.807) is 13.2 Å². The van der Waals surface area contributed by atoms with E-state index in [1.165, 1.54) is 0 Å². The first-order valence-electron chi connectivity index (χ1n) is 4.61. The smallest absolute Gasteiger partial charge is 0.120 e. The standard InChI is InChI=1S/C10H17NO3/c1-8-3-4-14-9(8)5-11-10(2,6-12)7-13/h3-4,11-13H,5-7H2,1-2H3. The Kier molecular flexibility index (Phi) is 3.69. The summed E-state index contributed by atoms with van der Waals surface area (Å²) in [5, 5.41) is 21.1. The van der Waals surface area contributed by atoms with Crippen LogP contribution in [0.1, 0.15) is 18.2 Å². The summed E-state index contributed by atoms with van der Waals surface area (Å²) < 4.78 is 5.22. The van der Waals surface area contributed by atoms with E-state index >= 15 is 0 Å². The van der Waals surface area contributed by atoms with Gasteiger partial charge in [-0.1, -0.05) is 0 Å². The van der Waals surface area contributed by atoms with E-state index in [1.807, 2.05) is 13.0 Å². The van der Waals surface area contributed by atoms with Crippen LogP contribution in [0.15, 0.2) is 16.7 Å². The second kappa shape index (κ2) is 4.59. The topological polar surface area (TPSA) is 65.6 Å². The van der Waals surface area contributed by atoms with E-state index in [0.29, 0.717) is 6.54 Å². The summed E-state index contributed by atoms with van der Waals surface area (Å²) >= 11 is 0. The Balaban J connectivity index is 2.52. The van der Waals surface area contributed by atoms with Crippen molar-refractivity contribution in [2.45, 2.75) is 25.9 Å². The molecular formula is C10H17NO3. The van der Waals surface area contributed by atoms with Gasteiger partial charge in [0.05, 0.1) is 31.6 Å². The molecule has 80 valence electrons. The lowest BCUT2D eigenvalue weighted by Gasteiger charge is -2.25. The molecule has 14 heavy (non-hydrogen) atoms. The predicted octanol–water partition coefficient (Wildman–Crippen LogP) is 0.421. The number of aliphatic hydroxyl groups is 2. The molecule has 0 spiro atoms. The molecule has 0 saturated heterocycles. The largest absolute Gasteiger partial charge is 0.468 e. The van der Waals surface area contributed by atoms with Crippen molar-refractivity contribution < 1.29 is 14.6 Å². The second-order valence-corrected chi connectivity index (χ2v) is 3.76. The van der Waals surface area contributed by atoms with Crippen LogP contribution in [0.3, 0.4) is 0 Å². The summed E-state index contributed by atoms with van der Waals surface area (Å²) in [6, 6.07) is 1.88. The Hall–Kier alpha value is -0.840. The number of aliphatic hydroxyl groups excluding tert-OH is 2. The van der Waals surface area contributed by atoms with E-state index in [9.17, 15) is 0 Å². The van der Waals surface area contributed by atoms with Gasteiger partial charge in [-0.25, -0.2) is 0 Å². The Labute approximate surface area is 83.6 Å². The Bertz CT molecular complexity index is 279. The fraction of sp³-hybridized carbons (Fsp3) is 0.600. The van der Waals surface area contributed by atoms with Gasteiger partial charge in [-0.3, -0.25) is 0 Å². The number of furan rings is 1. The van der Waals surface area contributed by atoms with Crippen LogP contribution in [-0.4, -0.2) is 29.0 Å². The highest BCUT2D eigenvalue weighted by molar-refractivity contribution is 5.14. The van der Waals surface area contributed by atoms with Crippen LogP contribution in [0, 0.1) is 6.92 Å². The number of hydrogen-bond acceptors (Lipinski definition) is 4. The molecule has 1 aromatic heterocycles. The molecule has 1 heterocycles. The van der Waals surface area contributed by atoms with Crippen molar-refractivity contribution in [3.05, 3.63) is 23.7 Å². The van der Waals surface area contributed by atoms with Crippen molar-refractivity contribution in [3.63, 3.8) is 0 Å². The quantitative estimate of drug-likeness (QED) is 0.643. The Morgan fingerprint density at radius 3 is 2.50 bits per heavy atom. The van der Waals surface area contributed by atoms with Crippen molar-refractivity contribution in [1.82, 2.24) is 5.32 Å².